The van der Waals surface area contributed by atoms with Gasteiger partial charge in [0.25, 0.3) is 0 Å². The van der Waals surface area contributed by atoms with Crippen molar-refractivity contribution in [2.24, 2.45) is 11.7 Å². The maximum Gasteiger partial charge on any atom is 0.222 e. The third-order valence-corrected chi connectivity index (χ3v) is 4.35. The lowest BCUT2D eigenvalue weighted by Gasteiger charge is -2.29. The molecule has 1 unspecified atom stereocenters. The summed E-state index contributed by atoms with van der Waals surface area (Å²) in [5, 5.41) is 9.14. The highest BCUT2D eigenvalue weighted by molar-refractivity contribution is 5.76. The zero-order chi connectivity index (χ0) is 14.1. The van der Waals surface area contributed by atoms with Gasteiger partial charge in [0.2, 0.25) is 5.91 Å². The third kappa shape index (κ3) is 5.49. The highest BCUT2D eigenvalue weighted by atomic mass is 16.3. The highest BCUT2D eigenvalue weighted by Crippen LogP contribution is 2.25. The van der Waals surface area contributed by atoms with Gasteiger partial charge in [-0.1, -0.05) is 26.2 Å². The summed E-state index contributed by atoms with van der Waals surface area (Å²) < 4.78 is 0. The predicted octanol–water partition coefficient (Wildman–Crippen LogP) is 1.91. The quantitative estimate of drug-likeness (QED) is 0.672. The van der Waals surface area contributed by atoms with Crippen LogP contribution < -0.4 is 5.73 Å². The average Bonchev–Trinajstić information content (AvgIpc) is 2.94. The van der Waals surface area contributed by atoms with E-state index < -0.39 is 0 Å². The first-order valence-corrected chi connectivity index (χ1v) is 7.83. The Hall–Kier alpha value is -0.610. The van der Waals surface area contributed by atoms with Gasteiger partial charge >= 0.3 is 0 Å². The summed E-state index contributed by atoms with van der Waals surface area (Å²) in [6.07, 6.45) is 8.27. The molecule has 112 valence electrons. The molecule has 1 fully saturated rings. The molecule has 1 amide bonds. The molecule has 0 heterocycles. The normalized spacial score (nSPS) is 17.6. The number of nitrogens with zero attached hydrogens (tertiary/aromatic N) is 1. The van der Waals surface area contributed by atoms with Crippen LogP contribution in [-0.4, -0.2) is 41.7 Å². The van der Waals surface area contributed by atoms with Crippen LogP contribution >= 0.6 is 0 Å². The number of amides is 1. The number of aliphatic hydroxyl groups excluding tert-OH is 1. The zero-order valence-corrected chi connectivity index (χ0v) is 12.3. The van der Waals surface area contributed by atoms with E-state index in [1.54, 1.807) is 0 Å². The van der Waals surface area contributed by atoms with Gasteiger partial charge in [-0.2, -0.15) is 0 Å². The molecule has 1 saturated carbocycles. The monoisotopic (exact) mass is 270 g/mol. The summed E-state index contributed by atoms with van der Waals surface area (Å²) in [4.78, 5) is 14.2. The van der Waals surface area contributed by atoms with Gasteiger partial charge in [0.05, 0.1) is 6.61 Å². The first-order valence-electron chi connectivity index (χ1n) is 7.83. The smallest absolute Gasteiger partial charge is 0.222 e. The Kier molecular flexibility index (Phi) is 8.07. The van der Waals surface area contributed by atoms with Crippen LogP contribution in [0, 0.1) is 5.92 Å². The minimum Gasteiger partial charge on any atom is -0.395 e. The molecule has 0 bridgehead atoms. The molecule has 3 N–H and O–H groups in total. The van der Waals surface area contributed by atoms with Crippen LogP contribution in [0.15, 0.2) is 0 Å². The largest absolute Gasteiger partial charge is 0.395 e. The van der Waals surface area contributed by atoms with Crippen LogP contribution in [0.2, 0.25) is 0 Å². The van der Waals surface area contributed by atoms with Gasteiger partial charge < -0.3 is 15.7 Å². The summed E-state index contributed by atoms with van der Waals surface area (Å²) in [7, 11) is 0. The Balaban J connectivity index is 2.42. The molecule has 1 aliphatic rings. The second kappa shape index (κ2) is 9.32. The minimum absolute atomic E-state index is 0.0717. The summed E-state index contributed by atoms with van der Waals surface area (Å²) in [6, 6.07) is 0.370. The van der Waals surface area contributed by atoms with Crippen LogP contribution in [0.3, 0.4) is 0 Å². The topological polar surface area (TPSA) is 66.6 Å². The number of nitrogens with two attached hydrogens (primary N) is 1. The standard InChI is InChI=1S/C15H30N2O2/c1-2-13(9-10-16)7-8-15(19)17(11-12-18)14-5-3-4-6-14/h13-14,18H,2-12,16H2,1H3. The number of hydrogen-bond donors (Lipinski definition) is 2. The molecule has 0 aliphatic heterocycles. The second-order valence-corrected chi connectivity index (χ2v) is 5.64. The lowest BCUT2D eigenvalue weighted by Crippen LogP contribution is -2.40. The van der Waals surface area contributed by atoms with Gasteiger partial charge in [-0.25, -0.2) is 0 Å². The van der Waals surface area contributed by atoms with Crippen molar-refractivity contribution in [3.8, 4) is 0 Å². The highest BCUT2D eigenvalue weighted by Gasteiger charge is 2.26. The van der Waals surface area contributed by atoms with Crippen molar-refractivity contribution < 1.29 is 9.90 Å². The van der Waals surface area contributed by atoms with E-state index in [-0.39, 0.29) is 12.5 Å². The molecule has 0 aromatic heterocycles. The van der Waals surface area contributed by atoms with Crippen molar-refractivity contribution in [3.63, 3.8) is 0 Å². The SMILES string of the molecule is CCC(CCN)CCC(=O)N(CCO)C1CCCC1. The third-order valence-electron chi connectivity index (χ3n) is 4.35. The molecular formula is C15H30N2O2. The zero-order valence-electron chi connectivity index (χ0n) is 12.3. The predicted molar refractivity (Wildman–Crippen MR) is 77.7 cm³/mol. The molecular weight excluding hydrogens is 240 g/mol. The number of aliphatic hydroxyl groups is 1. The molecule has 0 saturated heterocycles. The molecule has 1 atom stereocenters. The van der Waals surface area contributed by atoms with E-state index >= 15 is 0 Å². The van der Waals surface area contributed by atoms with Gasteiger partial charge in [0.15, 0.2) is 0 Å². The van der Waals surface area contributed by atoms with Crippen molar-refractivity contribution in [3.05, 3.63) is 0 Å². The number of rotatable bonds is 9. The van der Waals surface area contributed by atoms with Crippen molar-refractivity contribution >= 4 is 5.91 Å². The number of carbonyl (C=O) groups is 1. The Morgan fingerprint density at radius 2 is 2.05 bits per heavy atom. The van der Waals surface area contributed by atoms with Crippen LogP contribution in [0.5, 0.6) is 0 Å². The van der Waals surface area contributed by atoms with E-state index in [2.05, 4.69) is 6.92 Å². The molecule has 0 aromatic rings. The molecule has 0 aromatic carbocycles. The van der Waals surface area contributed by atoms with E-state index in [0.717, 1.165) is 32.1 Å². The number of hydrogen-bond acceptors (Lipinski definition) is 3. The van der Waals surface area contributed by atoms with Gasteiger partial charge in [-0.3, -0.25) is 4.79 Å². The first kappa shape index (κ1) is 16.4. The van der Waals surface area contributed by atoms with Gasteiger partial charge in [-0.05, 0) is 38.1 Å². The fourth-order valence-electron chi connectivity index (χ4n) is 3.09. The average molecular weight is 270 g/mol. The van der Waals surface area contributed by atoms with Crippen LogP contribution in [0.25, 0.3) is 0 Å². The van der Waals surface area contributed by atoms with E-state index in [0.29, 0.717) is 31.5 Å². The molecule has 0 radical (unpaired) electrons. The summed E-state index contributed by atoms with van der Waals surface area (Å²) in [6.45, 7) is 3.43. The lowest BCUT2D eigenvalue weighted by atomic mass is 9.96. The molecule has 1 aliphatic carbocycles. The fourth-order valence-corrected chi connectivity index (χ4v) is 3.09. The van der Waals surface area contributed by atoms with E-state index in [9.17, 15) is 4.79 Å². The minimum atomic E-state index is 0.0717. The lowest BCUT2D eigenvalue weighted by molar-refractivity contribution is -0.134. The van der Waals surface area contributed by atoms with Crippen molar-refractivity contribution in [1.29, 1.82) is 0 Å². The molecule has 0 spiro atoms. The van der Waals surface area contributed by atoms with Crippen LogP contribution in [0.4, 0.5) is 0 Å². The molecule has 4 nitrogen and oxygen atoms in total. The van der Waals surface area contributed by atoms with Crippen molar-refractivity contribution in [2.45, 2.75) is 64.3 Å². The Bertz CT molecular complexity index is 253. The molecule has 1 rings (SSSR count). The second-order valence-electron chi connectivity index (χ2n) is 5.64. The fraction of sp³-hybridized carbons (Fsp3) is 0.933. The first-order chi connectivity index (χ1) is 9.22. The Labute approximate surface area is 117 Å². The maximum atomic E-state index is 12.3. The molecule has 4 heteroatoms. The van der Waals surface area contributed by atoms with E-state index in [4.69, 9.17) is 10.8 Å². The van der Waals surface area contributed by atoms with E-state index in [1.165, 1.54) is 12.8 Å². The Morgan fingerprint density at radius 1 is 1.37 bits per heavy atom. The van der Waals surface area contributed by atoms with Gasteiger partial charge in [-0.15, -0.1) is 0 Å². The van der Waals surface area contributed by atoms with Gasteiger partial charge in [0, 0.05) is 19.0 Å². The maximum absolute atomic E-state index is 12.3. The van der Waals surface area contributed by atoms with E-state index in [1.807, 2.05) is 4.90 Å². The van der Waals surface area contributed by atoms with Crippen LogP contribution in [0.1, 0.15) is 58.3 Å². The summed E-state index contributed by atoms with van der Waals surface area (Å²) in [5.74, 6) is 0.782. The van der Waals surface area contributed by atoms with Crippen molar-refractivity contribution in [1.82, 2.24) is 4.90 Å². The van der Waals surface area contributed by atoms with Crippen molar-refractivity contribution in [2.75, 3.05) is 19.7 Å². The molecule has 19 heavy (non-hydrogen) atoms. The summed E-state index contributed by atoms with van der Waals surface area (Å²) >= 11 is 0. The summed E-state index contributed by atoms with van der Waals surface area (Å²) in [5.41, 5.74) is 5.59. The Morgan fingerprint density at radius 3 is 2.58 bits per heavy atom. The van der Waals surface area contributed by atoms with Gasteiger partial charge in [0.1, 0.15) is 0 Å². The van der Waals surface area contributed by atoms with Crippen LogP contribution in [-0.2, 0) is 4.79 Å². The number of carbonyl (C=O) groups excluding carboxylic acids is 1.